The van der Waals surface area contributed by atoms with Crippen molar-refractivity contribution < 1.29 is 23.8 Å². The van der Waals surface area contributed by atoms with Crippen molar-refractivity contribution in [2.45, 2.75) is 32.2 Å². The summed E-state index contributed by atoms with van der Waals surface area (Å²) in [5.41, 5.74) is 1.06. The average molecular weight is 459 g/mol. The molecule has 1 atom stereocenters. The number of para-hydroxylation sites is 1. The molecule has 2 aromatic heterocycles. The molecule has 8 nitrogen and oxygen atoms in total. The van der Waals surface area contributed by atoms with Crippen LogP contribution < -0.4 is 11.2 Å². The Balaban J connectivity index is 1.83. The van der Waals surface area contributed by atoms with Crippen LogP contribution in [0.15, 0.2) is 56.5 Å². The maximum atomic E-state index is 13.6. The van der Waals surface area contributed by atoms with Gasteiger partial charge in [-0.3, -0.25) is 14.4 Å². The van der Waals surface area contributed by atoms with Gasteiger partial charge >= 0.3 is 11.6 Å². The normalized spacial score (nSPS) is 13.4. The second kappa shape index (κ2) is 7.98. The lowest BCUT2D eigenvalue weighted by Gasteiger charge is -2.20. The summed E-state index contributed by atoms with van der Waals surface area (Å²) < 4.78 is 12.0. The first-order chi connectivity index (χ1) is 16.3. The van der Waals surface area contributed by atoms with E-state index in [4.69, 9.17) is 9.15 Å². The third-order valence-corrected chi connectivity index (χ3v) is 6.45. The first-order valence-electron chi connectivity index (χ1n) is 10.8. The van der Waals surface area contributed by atoms with Crippen LogP contribution in [-0.4, -0.2) is 28.5 Å². The Bertz CT molecular complexity index is 1630. The molecule has 0 spiro atoms. The molecule has 0 radical (unpaired) electrons. The van der Waals surface area contributed by atoms with Crippen LogP contribution in [-0.2, 0) is 22.5 Å². The van der Waals surface area contributed by atoms with Gasteiger partial charge < -0.3 is 18.8 Å². The Hall–Kier alpha value is -4.20. The molecule has 0 saturated carbocycles. The maximum absolute atomic E-state index is 13.6. The zero-order valence-electron chi connectivity index (χ0n) is 18.6. The van der Waals surface area contributed by atoms with E-state index in [1.807, 2.05) is 18.2 Å². The molecule has 4 aromatic rings. The van der Waals surface area contributed by atoms with Crippen molar-refractivity contribution in [3.63, 3.8) is 0 Å². The maximum Gasteiger partial charge on any atom is 0.347 e. The molecule has 0 amide bonds. The highest BCUT2D eigenvalue weighted by Crippen LogP contribution is 2.39. The first kappa shape index (κ1) is 21.6. The Morgan fingerprint density at radius 2 is 1.94 bits per heavy atom. The Kier molecular flexibility index (Phi) is 5.08. The molecule has 1 N–H and O–H groups in total. The van der Waals surface area contributed by atoms with Crippen LogP contribution in [0.4, 0.5) is 0 Å². The molecule has 1 aliphatic rings. The van der Waals surface area contributed by atoms with Crippen LogP contribution in [0.25, 0.3) is 21.9 Å². The Morgan fingerprint density at radius 3 is 2.68 bits per heavy atom. The number of ether oxygens (including phenoxy) is 1. The highest BCUT2D eigenvalue weighted by Gasteiger charge is 2.30. The molecule has 0 bridgehead atoms. The lowest BCUT2D eigenvalue weighted by atomic mass is 9.86. The van der Waals surface area contributed by atoms with Crippen LogP contribution >= 0.6 is 0 Å². The summed E-state index contributed by atoms with van der Waals surface area (Å²) in [5, 5.41) is 12.1. The van der Waals surface area contributed by atoms with E-state index in [2.05, 4.69) is 0 Å². The number of nitrogens with zero attached hydrogens (tertiary/aromatic N) is 1. The number of carbonyl (C=O) groups excluding carboxylic acids is 2. The van der Waals surface area contributed by atoms with Gasteiger partial charge in [-0.1, -0.05) is 18.2 Å². The number of aryl methyl sites for hydroxylation is 2. The number of Topliss-reactive ketones (excluding diaryl/α,β-unsaturated/α-hetero) is 1. The number of ketones is 1. The number of phenolic OH excluding ortho intramolecular Hbond substituents is 1. The number of pyridine rings is 1. The van der Waals surface area contributed by atoms with Crippen LogP contribution in [0.3, 0.4) is 0 Å². The fourth-order valence-electron chi connectivity index (χ4n) is 4.84. The fraction of sp³-hybridized carbons (Fsp3) is 0.231. The summed E-state index contributed by atoms with van der Waals surface area (Å²) >= 11 is 0. The van der Waals surface area contributed by atoms with E-state index in [0.717, 1.165) is 22.9 Å². The van der Waals surface area contributed by atoms with Crippen molar-refractivity contribution in [3.05, 3.63) is 85.5 Å². The topological polar surface area (TPSA) is 116 Å². The minimum absolute atomic E-state index is 0.0126. The number of hydrogen-bond donors (Lipinski definition) is 1. The number of carbonyl (C=O) groups is 2. The van der Waals surface area contributed by atoms with Crippen molar-refractivity contribution in [2.24, 2.45) is 0 Å². The summed E-state index contributed by atoms with van der Waals surface area (Å²) in [6, 6.07) is 11.8. The molecule has 1 aliphatic heterocycles. The molecule has 0 fully saturated rings. The second-order valence-electron chi connectivity index (χ2n) is 8.41. The molecule has 3 heterocycles. The van der Waals surface area contributed by atoms with E-state index < -0.39 is 23.3 Å². The van der Waals surface area contributed by atoms with Crippen molar-refractivity contribution >= 4 is 33.6 Å². The van der Waals surface area contributed by atoms with Gasteiger partial charge in [0.2, 0.25) is 0 Å². The Morgan fingerprint density at radius 1 is 1.15 bits per heavy atom. The van der Waals surface area contributed by atoms with Gasteiger partial charge in [-0.05, 0) is 48.6 Å². The molecule has 0 saturated heterocycles. The van der Waals surface area contributed by atoms with Crippen LogP contribution in [0.5, 0.6) is 5.75 Å². The van der Waals surface area contributed by atoms with Crippen molar-refractivity contribution in [1.29, 1.82) is 0 Å². The van der Waals surface area contributed by atoms with E-state index in [1.54, 1.807) is 10.6 Å². The first-order valence-corrected chi connectivity index (χ1v) is 10.8. The third-order valence-electron chi connectivity index (χ3n) is 6.45. The van der Waals surface area contributed by atoms with Gasteiger partial charge in [0.25, 0.3) is 5.56 Å². The Labute approximate surface area is 193 Å². The zero-order valence-corrected chi connectivity index (χ0v) is 18.6. The van der Waals surface area contributed by atoms with Crippen molar-refractivity contribution in [2.75, 3.05) is 7.11 Å². The van der Waals surface area contributed by atoms with Crippen molar-refractivity contribution in [3.8, 4) is 5.75 Å². The largest absolute Gasteiger partial charge is 0.508 e. The van der Waals surface area contributed by atoms with Crippen LogP contribution in [0.2, 0.25) is 0 Å². The van der Waals surface area contributed by atoms with Crippen LogP contribution in [0, 0.1) is 0 Å². The number of rotatable bonds is 5. The minimum Gasteiger partial charge on any atom is -0.508 e. The molecular weight excluding hydrogens is 438 g/mol. The number of benzene rings is 2. The molecule has 2 aromatic carbocycles. The number of fused-ring (bicyclic) bond motifs is 1. The molecule has 172 valence electrons. The van der Waals surface area contributed by atoms with Crippen molar-refractivity contribution in [1.82, 2.24) is 4.57 Å². The average Bonchev–Trinajstić information content (AvgIpc) is 3.25. The van der Waals surface area contributed by atoms with E-state index in [-0.39, 0.29) is 40.0 Å². The number of hydrogen-bond acceptors (Lipinski definition) is 7. The number of esters is 1. The summed E-state index contributed by atoms with van der Waals surface area (Å²) in [6.07, 6.45) is 0.460. The number of phenols is 1. The molecular formula is C26H21NO7. The standard InChI is InChI=1S/C26H21NO7/c1-13(28)17-11-16-6-7-20(29)22(24(16)34-26(17)32)18(12-21(30)33-2)19-10-15-5-3-4-14-8-9-27(23(14)15)25(19)31/h3-7,10-11,18,29H,8-9,12H2,1-2H3. The summed E-state index contributed by atoms with van der Waals surface area (Å²) in [6.45, 7) is 1.76. The van der Waals surface area contributed by atoms with Gasteiger partial charge in [0.15, 0.2) is 5.78 Å². The van der Waals surface area contributed by atoms with E-state index in [0.29, 0.717) is 11.9 Å². The SMILES string of the molecule is COC(=O)CC(c1cc2cccc3c2n(c1=O)CC3)c1c(O)ccc2cc(C(C)=O)c(=O)oc12. The quantitative estimate of drug-likeness (QED) is 0.277. The number of aromatic hydroxyl groups is 1. The summed E-state index contributed by atoms with van der Waals surface area (Å²) in [4.78, 5) is 50.3. The van der Waals surface area contributed by atoms with Gasteiger partial charge in [0.05, 0.1) is 19.0 Å². The lowest BCUT2D eigenvalue weighted by molar-refractivity contribution is -0.140. The van der Waals surface area contributed by atoms with Gasteiger partial charge in [-0.15, -0.1) is 0 Å². The fourth-order valence-corrected chi connectivity index (χ4v) is 4.84. The van der Waals surface area contributed by atoms with Gasteiger partial charge in [-0.2, -0.15) is 0 Å². The summed E-state index contributed by atoms with van der Waals surface area (Å²) in [7, 11) is 1.24. The number of methoxy groups -OCH3 is 1. The lowest BCUT2D eigenvalue weighted by Crippen LogP contribution is -2.26. The van der Waals surface area contributed by atoms with Gasteiger partial charge in [0, 0.05) is 29.0 Å². The van der Waals surface area contributed by atoms with Gasteiger partial charge in [-0.25, -0.2) is 4.79 Å². The molecule has 8 heteroatoms. The van der Waals surface area contributed by atoms with Gasteiger partial charge in [0.1, 0.15) is 16.9 Å². The van der Waals surface area contributed by atoms with E-state index in [9.17, 15) is 24.3 Å². The highest BCUT2D eigenvalue weighted by atomic mass is 16.5. The highest BCUT2D eigenvalue weighted by molar-refractivity contribution is 5.97. The van der Waals surface area contributed by atoms with E-state index >= 15 is 0 Å². The minimum atomic E-state index is -0.951. The second-order valence-corrected chi connectivity index (χ2v) is 8.41. The van der Waals surface area contributed by atoms with E-state index in [1.165, 1.54) is 32.2 Å². The third kappa shape index (κ3) is 3.30. The molecule has 5 rings (SSSR count). The predicted octanol–water partition coefficient (Wildman–Crippen LogP) is 3.27. The van der Waals surface area contributed by atoms with Crippen LogP contribution in [0.1, 0.15) is 46.3 Å². The smallest absolute Gasteiger partial charge is 0.347 e. The zero-order chi connectivity index (χ0) is 24.1. The molecule has 34 heavy (non-hydrogen) atoms. The monoisotopic (exact) mass is 459 g/mol. The predicted molar refractivity (Wildman–Crippen MR) is 125 cm³/mol. The number of aromatic nitrogens is 1. The molecule has 1 unspecified atom stereocenters. The summed E-state index contributed by atoms with van der Waals surface area (Å²) in [5.74, 6) is -2.25. The molecule has 0 aliphatic carbocycles.